The third kappa shape index (κ3) is 3.91. The third-order valence-electron chi connectivity index (χ3n) is 7.03. The van der Waals surface area contributed by atoms with Gasteiger partial charge in [-0.05, 0) is 54.1 Å². The molecule has 1 saturated carbocycles. The summed E-state index contributed by atoms with van der Waals surface area (Å²) < 4.78 is 7.39. The molecule has 3 aromatic rings. The van der Waals surface area contributed by atoms with E-state index >= 15 is 0 Å². The van der Waals surface area contributed by atoms with Gasteiger partial charge in [0.05, 0.1) is 13.2 Å². The molecule has 3 heterocycles. The van der Waals surface area contributed by atoms with Gasteiger partial charge in [0.15, 0.2) is 5.82 Å². The molecule has 0 spiro atoms. The van der Waals surface area contributed by atoms with E-state index in [-0.39, 0.29) is 11.6 Å². The summed E-state index contributed by atoms with van der Waals surface area (Å²) in [6, 6.07) is 7.71. The van der Waals surface area contributed by atoms with E-state index < -0.39 is 0 Å². The van der Waals surface area contributed by atoms with Crippen molar-refractivity contribution in [3.05, 3.63) is 46.0 Å². The number of nitrogens with one attached hydrogen (secondary N) is 1. The van der Waals surface area contributed by atoms with E-state index in [1.165, 1.54) is 12.8 Å². The number of rotatable bonds is 6. The molecule has 0 amide bonds. The van der Waals surface area contributed by atoms with Crippen molar-refractivity contribution in [3.63, 3.8) is 0 Å². The van der Waals surface area contributed by atoms with E-state index in [1.807, 2.05) is 28.9 Å². The second kappa shape index (κ2) is 8.99. The Balaban J connectivity index is 1.61. The largest absolute Gasteiger partial charge is 0.497 e. The molecule has 9 heteroatoms. The smallest absolute Gasteiger partial charge is 0.253 e. The number of benzene rings is 1. The molecule has 5 rings (SSSR count). The molecule has 170 valence electrons. The molecular formula is C23H31N7O2. The highest BCUT2D eigenvalue weighted by atomic mass is 16.5. The lowest BCUT2D eigenvalue weighted by Crippen LogP contribution is -2.49. The molecule has 1 aliphatic heterocycles. The van der Waals surface area contributed by atoms with Crippen LogP contribution in [0.4, 0.5) is 0 Å². The summed E-state index contributed by atoms with van der Waals surface area (Å²) in [4.78, 5) is 21.2. The van der Waals surface area contributed by atoms with Gasteiger partial charge in [-0.25, -0.2) is 4.68 Å². The summed E-state index contributed by atoms with van der Waals surface area (Å²) in [7, 11) is 1.65. The van der Waals surface area contributed by atoms with Crippen molar-refractivity contribution in [2.75, 3.05) is 39.8 Å². The molecule has 2 fully saturated rings. The maximum atomic E-state index is 13.3. The molecule has 0 unspecified atom stereocenters. The number of likely N-dealkylation sites (N-methyl/N-ethyl adjacent to an activating group) is 1. The number of ether oxygens (including phenoxy) is 1. The van der Waals surface area contributed by atoms with Crippen LogP contribution in [0.1, 0.15) is 56.1 Å². The molecule has 1 N–H and O–H groups in total. The van der Waals surface area contributed by atoms with E-state index in [9.17, 15) is 4.79 Å². The summed E-state index contributed by atoms with van der Waals surface area (Å²) >= 11 is 0. The van der Waals surface area contributed by atoms with E-state index in [2.05, 4.69) is 37.2 Å². The minimum absolute atomic E-state index is 0.0911. The fourth-order valence-electron chi connectivity index (χ4n) is 5.16. The maximum Gasteiger partial charge on any atom is 0.253 e. The normalized spacial score (nSPS) is 19.6. The van der Waals surface area contributed by atoms with Gasteiger partial charge in [0.1, 0.15) is 11.8 Å². The monoisotopic (exact) mass is 437 g/mol. The average molecular weight is 438 g/mol. The summed E-state index contributed by atoms with van der Waals surface area (Å²) in [5.41, 5.74) is 1.39. The number of fused-ring (bicyclic) bond motifs is 1. The summed E-state index contributed by atoms with van der Waals surface area (Å²) in [6.45, 7) is 6.90. The molecule has 1 saturated heterocycles. The lowest BCUT2D eigenvalue weighted by atomic mass is 10.0. The summed E-state index contributed by atoms with van der Waals surface area (Å²) in [5.74, 6) is 1.54. The predicted molar refractivity (Wildman–Crippen MR) is 122 cm³/mol. The first kappa shape index (κ1) is 21.1. The number of hydrogen-bond acceptors (Lipinski definition) is 7. The number of tetrazole rings is 1. The molecule has 1 aliphatic carbocycles. The minimum atomic E-state index is -0.288. The van der Waals surface area contributed by atoms with Crippen LogP contribution in [0.25, 0.3) is 10.9 Å². The number of pyridine rings is 1. The van der Waals surface area contributed by atoms with Gasteiger partial charge < -0.3 is 14.6 Å². The standard InChI is InChI=1S/C23H31N7O2/c1-3-28-10-12-29(13-11-28)21(22-25-26-27-30(22)17-6-4-5-7-17)19-15-16-14-18(32-2)8-9-20(16)24-23(19)31/h8-9,14-15,17,21H,3-7,10-13H2,1-2H3,(H,24,31)/t21-/m1/s1. The number of hydrogen-bond donors (Lipinski definition) is 1. The van der Waals surface area contributed by atoms with Gasteiger partial charge in [0.2, 0.25) is 0 Å². The minimum Gasteiger partial charge on any atom is -0.497 e. The number of piperazine rings is 1. The highest BCUT2D eigenvalue weighted by molar-refractivity contribution is 5.80. The molecule has 1 aromatic carbocycles. The summed E-state index contributed by atoms with van der Waals surface area (Å²) in [5, 5.41) is 13.8. The van der Waals surface area contributed by atoms with Crippen LogP contribution in [0.2, 0.25) is 0 Å². The molecule has 9 nitrogen and oxygen atoms in total. The molecule has 2 aliphatic rings. The van der Waals surface area contributed by atoms with Crippen molar-refractivity contribution in [1.29, 1.82) is 0 Å². The first-order chi connectivity index (χ1) is 15.7. The fourth-order valence-corrected chi connectivity index (χ4v) is 5.16. The Labute approximate surface area is 187 Å². The Morgan fingerprint density at radius 1 is 1.16 bits per heavy atom. The highest BCUT2D eigenvalue weighted by Crippen LogP contribution is 2.34. The zero-order valence-corrected chi connectivity index (χ0v) is 18.8. The first-order valence-electron chi connectivity index (χ1n) is 11.6. The van der Waals surface area contributed by atoms with Crippen LogP contribution >= 0.6 is 0 Å². The van der Waals surface area contributed by atoms with E-state index in [1.54, 1.807) is 7.11 Å². The van der Waals surface area contributed by atoms with Crippen LogP contribution in [0, 0.1) is 0 Å². The van der Waals surface area contributed by atoms with Gasteiger partial charge in [-0.1, -0.05) is 19.8 Å². The number of aromatic nitrogens is 5. The second-order valence-corrected chi connectivity index (χ2v) is 8.80. The molecule has 1 atom stereocenters. The number of nitrogens with zero attached hydrogens (tertiary/aromatic N) is 6. The van der Waals surface area contributed by atoms with E-state index in [0.717, 1.165) is 68.0 Å². The number of aromatic amines is 1. The van der Waals surface area contributed by atoms with Crippen molar-refractivity contribution < 1.29 is 4.74 Å². The van der Waals surface area contributed by atoms with Gasteiger partial charge in [-0.3, -0.25) is 9.69 Å². The van der Waals surface area contributed by atoms with Gasteiger partial charge in [-0.15, -0.1) is 5.10 Å². The van der Waals surface area contributed by atoms with Crippen molar-refractivity contribution in [2.45, 2.75) is 44.7 Å². The van der Waals surface area contributed by atoms with Crippen LogP contribution in [-0.2, 0) is 0 Å². The van der Waals surface area contributed by atoms with Crippen LogP contribution in [0.5, 0.6) is 5.75 Å². The Bertz CT molecular complexity index is 1130. The molecule has 0 bridgehead atoms. The number of methoxy groups -OCH3 is 1. The van der Waals surface area contributed by atoms with Gasteiger partial charge in [0.25, 0.3) is 5.56 Å². The maximum absolute atomic E-state index is 13.3. The third-order valence-corrected chi connectivity index (χ3v) is 7.03. The molecule has 0 radical (unpaired) electrons. The Kier molecular flexibility index (Phi) is 5.93. The van der Waals surface area contributed by atoms with E-state index in [4.69, 9.17) is 4.74 Å². The van der Waals surface area contributed by atoms with Gasteiger partial charge in [0, 0.05) is 42.6 Å². The highest BCUT2D eigenvalue weighted by Gasteiger charge is 2.34. The first-order valence-corrected chi connectivity index (χ1v) is 11.6. The lowest BCUT2D eigenvalue weighted by molar-refractivity contribution is 0.107. The average Bonchev–Trinajstić information content (AvgIpc) is 3.52. The van der Waals surface area contributed by atoms with Crippen LogP contribution < -0.4 is 10.3 Å². The van der Waals surface area contributed by atoms with Crippen molar-refractivity contribution in [1.82, 2.24) is 35.0 Å². The van der Waals surface area contributed by atoms with Crippen molar-refractivity contribution in [2.24, 2.45) is 0 Å². The quantitative estimate of drug-likeness (QED) is 0.633. The topological polar surface area (TPSA) is 92.2 Å². The zero-order valence-electron chi connectivity index (χ0n) is 18.8. The zero-order chi connectivity index (χ0) is 22.1. The van der Waals surface area contributed by atoms with Gasteiger partial charge in [-0.2, -0.15) is 0 Å². The van der Waals surface area contributed by atoms with E-state index in [0.29, 0.717) is 11.6 Å². The fraction of sp³-hybridized carbons (Fsp3) is 0.565. The Hall–Kier alpha value is -2.78. The van der Waals surface area contributed by atoms with Crippen LogP contribution in [0.3, 0.4) is 0 Å². The Morgan fingerprint density at radius 3 is 2.66 bits per heavy atom. The summed E-state index contributed by atoms with van der Waals surface area (Å²) in [6.07, 6.45) is 4.56. The van der Waals surface area contributed by atoms with Crippen molar-refractivity contribution >= 4 is 10.9 Å². The van der Waals surface area contributed by atoms with Crippen LogP contribution in [0.15, 0.2) is 29.1 Å². The molecule has 2 aromatic heterocycles. The van der Waals surface area contributed by atoms with Gasteiger partial charge >= 0.3 is 0 Å². The number of H-pyrrole nitrogens is 1. The second-order valence-electron chi connectivity index (χ2n) is 8.80. The SMILES string of the molecule is CCN1CCN([C@H](c2cc3cc(OC)ccc3[nH]c2=O)c2nnnn2C2CCCC2)CC1. The predicted octanol–water partition coefficient (Wildman–Crippen LogP) is 2.37. The molecule has 32 heavy (non-hydrogen) atoms. The van der Waals surface area contributed by atoms with Crippen LogP contribution in [-0.4, -0.2) is 74.8 Å². The van der Waals surface area contributed by atoms with Crippen molar-refractivity contribution in [3.8, 4) is 5.75 Å². The lowest BCUT2D eigenvalue weighted by Gasteiger charge is -2.38. The molecular weight excluding hydrogens is 406 g/mol. The Morgan fingerprint density at radius 2 is 1.94 bits per heavy atom.